The first-order valence-electron chi connectivity index (χ1n) is 7.11. The fraction of sp³-hybridized carbons (Fsp3) is 0.125. The Hall–Kier alpha value is -3.40. The molecule has 2 heterocycles. The van der Waals surface area contributed by atoms with E-state index in [2.05, 4.69) is 15.5 Å². The molecule has 7 heteroatoms. The minimum absolute atomic E-state index is 0.288. The van der Waals surface area contributed by atoms with Crippen LogP contribution >= 0.6 is 0 Å². The fourth-order valence-electron chi connectivity index (χ4n) is 2.15. The van der Waals surface area contributed by atoms with Crippen LogP contribution in [-0.4, -0.2) is 25.5 Å². The van der Waals surface area contributed by atoms with E-state index in [4.69, 9.17) is 0 Å². The standard InChI is InChI=1S/C16H14N6O/c1-2-21-9-8-14(20-21)16(23)19-15-12(10-17)11-18-22(15)13-6-4-3-5-7-13/h3-9,11H,2H2,1H3,(H,19,23). The molecule has 3 rings (SSSR count). The number of nitriles is 1. The minimum atomic E-state index is -0.383. The minimum Gasteiger partial charge on any atom is -0.304 e. The fourth-order valence-corrected chi connectivity index (χ4v) is 2.15. The van der Waals surface area contributed by atoms with Crippen molar-refractivity contribution in [1.29, 1.82) is 5.26 Å². The molecule has 0 aliphatic rings. The van der Waals surface area contributed by atoms with Crippen molar-refractivity contribution in [2.45, 2.75) is 13.5 Å². The van der Waals surface area contributed by atoms with Gasteiger partial charge in [-0.1, -0.05) is 18.2 Å². The van der Waals surface area contributed by atoms with E-state index in [0.29, 0.717) is 12.4 Å². The lowest BCUT2D eigenvalue weighted by atomic mass is 10.3. The predicted molar refractivity (Wildman–Crippen MR) is 84.1 cm³/mol. The number of benzene rings is 1. The number of nitrogens with one attached hydrogen (secondary N) is 1. The number of carbonyl (C=O) groups excluding carboxylic acids is 1. The van der Waals surface area contributed by atoms with E-state index in [-0.39, 0.29) is 17.2 Å². The Kier molecular flexibility index (Phi) is 3.89. The third kappa shape index (κ3) is 2.82. The molecule has 0 fully saturated rings. The average Bonchev–Trinajstić information content (AvgIpc) is 3.22. The molecule has 1 aromatic carbocycles. The van der Waals surface area contributed by atoms with Crippen LogP contribution in [0.25, 0.3) is 5.69 Å². The predicted octanol–water partition coefficient (Wildman–Crippen LogP) is 2.21. The van der Waals surface area contributed by atoms with Crippen LogP contribution in [0.3, 0.4) is 0 Å². The van der Waals surface area contributed by atoms with E-state index in [0.717, 1.165) is 5.69 Å². The van der Waals surface area contributed by atoms with Gasteiger partial charge in [0.15, 0.2) is 11.5 Å². The highest BCUT2D eigenvalue weighted by Crippen LogP contribution is 2.20. The Morgan fingerprint density at radius 2 is 2.09 bits per heavy atom. The molecular weight excluding hydrogens is 292 g/mol. The first kappa shape index (κ1) is 14.5. The van der Waals surface area contributed by atoms with Gasteiger partial charge < -0.3 is 5.32 Å². The van der Waals surface area contributed by atoms with Crippen LogP contribution in [0.2, 0.25) is 0 Å². The van der Waals surface area contributed by atoms with Crippen molar-refractivity contribution >= 4 is 11.7 Å². The van der Waals surface area contributed by atoms with Gasteiger partial charge in [0.2, 0.25) is 0 Å². The summed E-state index contributed by atoms with van der Waals surface area (Å²) in [6.07, 6.45) is 3.15. The third-order valence-electron chi connectivity index (χ3n) is 3.32. The monoisotopic (exact) mass is 306 g/mol. The molecule has 0 aliphatic carbocycles. The summed E-state index contributed by atoms with van der Waals surface area (Å²) in [7, 11) is 0. The summed E-state index contributed by atoms with van der Waals surface area (Å²) in [6, 6.07) is 13.0. The lowest BCUT2D eigenvalue weighted by molar-refractivity contribution is 0.102. The highest BCUT2D eigenvalue weighted by Gasteiger charge is 2.17. The molecule has 0 spiro atoms. The summed E-state index contributed by atoms with van der Waals surface area (Å²) >= 11 is 0. The van der Waals surface area contributed by atoms with Gasteiger partial charge in [-0.25, -0.2) is 4.68 Å². The van der Waals surface area contributed by atoms with Crippen molar-refractivity contribution in [1.82, 2.24) is 19.6 Å². The number of rotatable bonds is 4. The van der Waals surface area contributed by atoms with E-state index in [1.165, 1.54) is 10.9 Å². The largest absolute Gasteiger partial charge is 0.304 e. The maximum atomic E-state index is 12.4. The molecule has 1 N–H and O–H groups in total. The van der Waals surface area contributed by atoms with Crippen LogP contribution in [0.1, 0.15) is 23.0 Å². The number of aromatic nitrogens is 4. The molecule has 0 saturated heterocycles. The Labute approximate surface area is 132 Å². The normalized spacial score (nSPS) is 10.3. The van der Waals surface area contributed by atoms with Gasteiger partial charge in [0.05, 0.1) is 11.9 Å². The maximum absolute atomic E-state index is 12.4. The second-order valence-corrected chi connectivity index (χ2v) is 4.78. The van der Waals surface area contributed by atoms with Gasteiger partial charge in [0.1, 0.15) is 11.6 Å². The smallest absolute Gasteiger partial charge is 0.277 e. The molecule has 2 aromatic heterocycles. The van der Waals surface area contributed by atoms with E-state index in [1.807, 2.05) is 43.3 Å². The van der Waals surface area contributed by atoms with Crippen LogP contribution in [0.15, 0.2) is 48.8 Å². The number of anilines is 1. The summed E-state index contributed by atoms with van der Waals surface area (Å²) in [5, 5.41) is 20.3. The number of hydrogen-bond donors (Lipinski definition) is 1. The molecule has 1 amide bonds. The van der Waals surface area contributed by atoms with Gasteiger partial charge in [-0.3, -0.25) is 9.48 Å². The van der Waals surface area contributed by atoms with Gasteiger partial charge in [-0.05, 0) is 25.1 Å². The van der Waals surface area contributed by atoms with Gasteiger partial charge in [0, 0.05) is 12.7 Å². The highest BCUT2D eigenvalue weighted by atomic mass is 16.2. The number of nitrogens with zero attached hydrogens (tertiary/aromatic N) is 5. The molecule has 114 valence electrons. The van der Waals surface area contributed by atoms with Crippen LogP contribution in [-0.2, 0) is 6.54 Å². The molecule has 0 bridgehead atoms. The maximum Gasteiger partial charge on any atom is 0.277 e. The van der Waals surface area contributed by atoms with Crippen molar-refractivity contribution < 1.29 is 4.79 Å². The summed E-state index contributed by atoms with van der Waals surface area (Å²) in [5.74, 6) is -0.0545. The molecule has 0 radical (unpaired) electrons. The Morgan fingerprint density at radius 3 is 2.74 bits per heavy atom. The molecular formula is C16H14N6O. The van der Waals surface area contributed by atoms with Crippen LogP contribution < -0.4 is 5.32 Å². The second kappa shape index (κ2) is 6.15. The lowest BCUT2D eigenvalue weighted by Crippen LogP contribution is -2.17. The van der Waals surface area contributed by atoms with Gasteiger partial charge >= 0.3 is 0 Å². The first-order valence-corrected chi connectivity index (χ1v) is 7.11. The van der Waals surface area contributed by atoms with E-state index < -0.39 is 0 Å². The zero-order chi connectivity index (χ0) is 16.2. The van der Waals surface area contributed by atoms with E-state index in [9.17, 15) is 10.1 Å². The van der Waals surface area contributed by atoms with Gasteiger partial charge in [0.25, 0.3) is 5.91 Å². The molecule has 0 unspecified atom stereocenters. The average molecular weight is 306 g/mol. The number of para-hydroxylation sites is 1. The molecule has 3 aromatic rings. The molecule has 0 saturated carbocycles. The van der Waals surface area contributed by atoms with Crippen molar-refractivity contribution in [2.24, 2.45) is 0 Å². The summed E-state index contributed by atoms with van der Waals surface area (Å²) in [4.78, 5) is 12.4. The third-order valence-corrected chi connectivity index (χ3v) is 3.32. The Morgan fingerprint density at radius 1 is 1.30 bits per heavy atom. The van der Waals surface area contributed by atoms with E-state index >= 15 is 0 Å². The molecule has 0 aliphatic heterocycles. The number of hydrogen-bond acceptors (Lipinski definition) is 4. The molecule has 0 atom stereocenters. The first-order chi connectivity index (χ1) is 11.2. The summed E-state index contributed by atoms with van der Waals surface area (Å²) in [6.45, 7) is 2.62. The van der Waals surface area contributed by atoms with Crippen LogP contribution in [0.4, 0.5) is 5.82 Å². The quantitative estimate of drug-likeness (QED) is 0.800. The van der Waals surface area contributed by atoms with Crippen molar-refractivity contribution in [2.75, 3.05) is 5.32 Å². The SMILES string of the molecule is CCn1ccc(C(=O)Nc2c(C#N)cnn2-c2ccccc2)n1. The van der Waals surface area contributed by atoms with Gasteiger partial charge in [-0.2, -0.15) is 15.5 Å². The Bertz CT molecular complexity index is 872. The summed E-state index contributed by atoms with van der Waals surface area (Å²) in [5.41, 5.74) is 1.33. The van der Waals surface area contributed by atoms with E-state index in [1.54, 1.807) is 16.9 Å². The van der Waals surface area contributed by atoms with Crippen molar-refractivity contribution in [3.05, 3.63) is 60.0 Å². The number of aryl methyl sites for hydroxylation is 1. The number of carbonyl (C=O) groups is 1. The van der Waals surface area contributed by atoms with Crippen LogP contribution in [0, 0.1) is 11.3 Å². The zero-order valence-electron chi connectivity index (χ0n) is 12.5. The lowest BCUT2D eigenvalue weighted by Gasteiger charge is -2.08. The second-order valence-electron chi connectivity index (χ2n) is 4.78. The topological polar surface area (TPSA) is 88.5 Å². The summed E-state index contributed by atoms with van der Waals surface area (Å²) < 4.78 is 3.18. The Balaban J connectivity index is 1.94. The highest BCUT2D eigenvalue weighted by molar-refractivity contribution is 6.03. The van der Waals surface area contributed by atoms with Crippen molar-refractivity contribution in [3.8, 4) is 11.8 Å². The van der Waals surface area contributed by atoms with Gasteiger partial charge in [-0.15, -0.1) is 0 Å². The molecule has 23 heavy (non-hydrogen) atoms. The molecule has 7 nitrogen and oxygen atoms in total. The van der Waals surface area contributed by atoms with Crippen molar-refractivity contribution in [3.63, 3.8) is 0 Å². The number of amides is 1. The van der Waals surface area contributed by atoms with Crippen LogP contribution in [0.5, 0.6) is 0 Å². The zero-order valence-corrected chi connectivity index (χ0v) is 12.5.